The highest BCUT2D eigenvalue weighted by Gasteiger charge is 2.24. The monoisotopic (exact) mass is 300 g/mol. The van der Waals surface area contributed by atoms with Crippen LogP contribution in [0.15, 0.2) is 29.2 Å². The summed E-state index contributed by atoms with van der Waals surface area (Å²) in [6.07, 6.45) is 0.639. The maximum absolute atomic E-state index is 11.6. The summed E-state index contributed by atoms with van der Waals surface area (Å²) in [5.74, 6) is 0. The second-order valence-corrected chi connectivity index (χ2v) is 7.69. The van der Waals surface area contributed by atoms with E-state index in [4.69, 9.17) is 5.11 Å². The van der Waals surface area contributed by atoms with Crippen LogP contribution in [-0.4, -0.2) is 33.2 Å². The van der Waals surface area contributed by atoms with Crippen LogP contribution < -0.4 is 10.0 Å². The summed E-state index contributed by atoms with van der Waals surface area (Å²) in [5, 5.41) is 12.5. The summed E-state index contributed by atoms with van der Waals surface area (Å²) in [6.45, 7) is 6.40. The minimum absolute atomic E-state index is 0.00154. The van der Waals surface area contributed by atoms with E-state index >= 15 is 0 Å². The van der Waals surface area contributed by atoms with Crippen molar-refractivity contribution in [1.82, 2.24) is 4.72 Å². The molecule has 0 aromatic heterocycles. The molecule has 1 atom stereocenters. The standard InChI is InChI=1S/C14H24N2O3S/c1-14(2,3)13(9-10-17)16-11-5-7-12(8-6-11)20(18,19)15-4/h5-8,13,15-17H,9-10H2,1-4H3. The zero-order chi connectivity index (χ0) is 15.4. The van der Waals surface area contributed by atoms with Gasteiger partial charge in [0.1, 0.15) is 0 Å². The molecule has 0 fully saturated rings. The summed E-state index contributed by atoms with van der Waals surface area (Å²) in [7, 11) is -2.01. The van der Waals surface area contributed by atoms with Crippen molar-refractivity contribution in [3.8, 4) is 0 Å². The highest BCUT2D eigenvalue weighted by atomic mass is 32.2. The van der Waals surface area contributed by atoms with Crippen molar-refractivity contribution >= 4 is 15.7 Å². The number of aliphatic hydroxyl groups excluding tert-OH is 1. The predicted octanol–water partition coefficient (Wildman–Crippen LogP) is 1.80. The third-order valence-corrected chi connectivity index (χ3v) is 4.67. The number of benzene rings is 1. The average Bonchev–Trinajstić information content (AvgIpc) is 2.38. The van der Waals surface area contributed by atoms with Crippen LogP contribution in [0.3, 0.4) is 0 Å². The molecule has 0 heterocycles. The molecule has 20 heavy (non-hydrogen) atoms. The van der Waals surface area contributed by atoms with E-state index in [9.17, 15) is 8.42 Å². The van der Waals surface area contributed by atoms with Crippen molar-refractivity contribution in [2.45, 2.75) is 38.1 Å². The first-order valence-electron chi connectivity index (χ1n) is 6.61. The van der Waals surface area contributed by atoms with E-state index in [1.165, 1.54) is 7.05 Å². The van der Waals surface area contributed by atoms with Crippen LogP contribution in [0.5, 0.6) is 0 Å². The van der Waals surface area contributed by atoms with Crippen LogP contribution in [0.2, 0.25) is 0 Å². The molecule has 0 radical (unpaired) electrons. The van der Waals surface area contributed by atoms with E-state index in [0.29, 0.717) is 6.42 Å². The largest absolute Gasteiger partial charge is 0.396 e. The van der Waals surface area contributed by atoms with Gasteiger partial charge in [-0.2, -0.15) is 0 Å². The summed E-state index contributed by atoms with van der Waals surface area (Å²) in [5.41, 5.74) is 0.840. The quantitative estimate of drug-likeness (QED) is 0.748. The molecule has 1 rings (SSSR count). The molecule has 1 unspecified atom stereocenters. The summed E-state index contributed by atoms with van der Waals surface area (Å²) < 4.78 is 25.5. The zero-order valence-electron chi connectivity index (χ0n) is 12.5. The van der Waals surface area contributed by atoms with Gasteiger partial charge in [0.25, 0.3) is 0 Å². The lowest BCUT2D eigenvalue weighted by Crippen LogP contribution is -2.34. The number of nitrogens with one attached hydrogen (secondary N) is 2. The van der Waals surface area contributed by atoms with Gasteiger partial charge in [0, 0.05) is 18.3 Å². The first-order chi connectivity index (χ1) is 9.20. The van der Waals surface area contributed by atoms with E-state index in [1.807, 2.05) is 0 Å². The molecule has 0 aliphatic carbocycles. The van der Waals surface area contributed by atoms with Gasteiger partial charge in [-0.15, -0.1) is 0 Å². The Kier molecular flexibility index (Phi) is 5.56. The Morgan fingerprint density at radius 2 is 1.75 bits per heavy atom. The van der Waals surface area contributed by atoms with E-state index in [2.05, 4.69) is 30.8 Å². The number of sulfonamides is 1. The maximum Gasteiger partial charge on any atom is 0.240 e. The molecule has 6 heteroatoms. The van der Waals surface area contributed by atoms with Crippen LogP contribution in [0.25, 0.3) is 0 Å². The van der Waals surface area contributed by atoms with Gasteiger partial charge in [-0.1, -0.05) is 20.8 Å². The molecule has 0 aliphatic rings. The Labute approximate surface area is 121 Å². The molecule has 0 amide bonds. The smallest absolute Gasteiger partial charge is 0.240 e. The fraction of sp³-hybridized carbons (Fsp3) is 0.571. The van der Waals surface area contributed by atoms with Crippen LogP contribution >= 0.6 is 0 Å². The number of hydrogen-bond acceptors (Lipinski definition) is 4. The third-order valence-electron chi connectivity index (χ3n) is 3.24. The Hall–Kier alpha value is -1.11. The van der Waals surface area contributed by atoms with Gasteiger partial charge in [0.05, 0.1) is 4.90 Å². The van der Waals surface area contributed by atoms with Gasteiger partial charge in [-0.25, -0.2) is 13.1 Å². The van der Waals surface area contributed by atoms with Crippen molar-refractivity contribution in [2.24, 2.45) is 5.41 Å². The Balaban J connectivity index is 2.89. The minimum atomic E-state index is -3.40. The molecule has 5 nitrogen and oxygen atoms in total. The van der Waals surface area contributed by atoms with Crippen molar-refractivity contribution in [3.05, 3.63) is 24.3 Å². The highest BCUT2D eigenvalue weighted by Crippen LogP contribution is 2.26. The third kappa shape index (κ3) is 4.47. The summed E-state index contributed by atoms with van der Waals surface area (Å²) in [4.78, 5) is 0.236. The van der Waals surface area contributed by atoms with Crippen molar-refractivity contribution in [1.29, 1.82) is 0 Å². The number of aliphatic hydroxyl groups is 1. The molecular formula is C14H24N2O3S. The van der Waals surface area contributed by atoms with Crippen molar-refractivity contribution in [3.63, 3.8) is 0 Å². The van der Waals surface area contributed by atoms with Crippen LogP contribution in [0, 0.1) is 5.41 Å². The molecule has 1 aromatic carbocycles. The van der Waals surface area contributed by atoms with E-state index in [1.54, 1.807) is 24.3 Å². The second-order valence-electron chi connectivity index (χ2n) is 5.81. The van der Waals surface area contributed by atoms with E-state index < -0.39 is 10.0 Å². The van der Waals surface area contributed by atoms with Crippen molar-refractivity contribution < 1.29 is 13.5 Å². The van der Waals surface area contributed by atoms with Gasteiger partial charge in [0.2, 0.25) is 10.0 Å². The number of rotatable bonds is 6. The average molecular weight is 300 g/mol. The van der Waals surface area contributed by atoms with E-state index in [-0.39, 0.29) is 23.0 Å². The van der Waals surface area contributed by atoms with Crippen LogP contribution in [0.1, 0.15) is 27.2 Å². The van der Waals surface area contributed by atoms with Crippen LogP contribution in [0.4, 0.5) is 5.69 Å². The lowest BCUT2D eigenvalue weighted by molar-refractivity contribution is 0.235. The molecular weight excluding hydrogens is 276 g/mol. The molecule has 0 spiro atoms. The molecule has 3 N–H and O–H groups in total. The molecule has 0 bridgehead atoms. The Bertz CT molecular complexity index is 518. The lowest BCUT2D eigenvalue weighted by atomic mass is 9.85. The van der Waals surface area contributed by atoms with Gasteiger partial charge in [0.15, 0.2) is 0 Å². The fourth-order valence-electron chi connectivity index (χ4n) is 1.90. The normalized spacial score (nSPS) is 14.1. The van der Waals surface area contributed by atoms with Gasteiger partial charge < -0.3 is 10.4 Å². The predicted molar refractivity (Wildman–Crippen MR) is 81.3 cm³/mol. The Morgan fingerprint density at radius 3 is 2.15 bits per heavy atom. The molecule has 0 aliphatic heterocycles. The lowest BCUT2D eigenvalue weighted by Gasteiger charge is -2.32. The van der Waals surface area contributed by atoms with Crippen molar-refractivity contribution in [2.75, 3.05) is 19.0 Å². The fourth-order valence-corrected chi connectivity index (χ4v) is 2.63. The van der Waals surface area contributed by atoms with E-state index in [0.717, 1.165) is 5.69 Å². The highest BCUT2D eigenvalue weighted by molar-refractivity contribution is 7.89. The summed E-state index contributed by atoms with van der Waals surface area (Å²) in [6, 6.07) is 6.71. The number of hydrogen-bond donors (Lipinski definition) is 3. The summed E-state index contributed by atoms with van der Waals surface area (Å²) >= 11 is 0. The maximum atomic E-state index is 11.6. The first-order valence-corrected chi connectivity index (χ1v) is 8.10. The Morgan fingerprint density at radius 1 is 1.20 bits per heavy atom. The van der Waals surface area contributed by atoms with Crippen LogP contribution in [-0.2, 0) is 10.0 Å². The topological polar surface area (TPSA) is 78.4 Å². The zero-order valence-corrected chi connectivity index (χ0v) is 13.3. The minimum Gasteiger partial charge on any atom is -0.396 e. The van der Waals surface area contributed by atoms with Gasteiger partial charge in [-0.05, 0) is 43.1 Å². The number of anilines is 1. The molecule has 114 valence electrons. The van der Waals surface area contributed by atoms with Gasteiger partial charge >= 0.3 is 0 Å². The van der Waals surface area contributed by atoms with Gasteiger partial charge in [-0.3, -0.25) is 0 Å². The molecule has 0 saturated carbocycles. The molecule has 0 saturated heterocycles. The first kappa shape index (κ1) is 16.9. The second kappa shape index (κ2) is 6.56. The SMILES string of the molecule is CNS(=O)(=O)c1ccc(NC(CCO)C(C)(C)C)cc1. The molecule has 1 aromatic rings.